The van der Waals surface area contributed by atoms with Gasteiger partial charge in [-0.15, -0.1) is 0 Å². The van der Waals surface area contributed by atoms with Gasteiger partial charge in [-0.25, -0.2) is 9.97 Å². The third-order valence-electron chi connectivity index (χ3n) is 7.08. The molecule has 204 valence electrons. The Morgan fingerprint density at radius 1 is 1.02 bits per heavy atom. The van der Waals surface area contributed by atoms with Gasteiger partial charge < -0.3 is 10.1 Å². The van der Waals surface area contributed by atoms with Crippen molar-refractivity contribution in [3.05, 3.63) is 84.2 Å². The van der Waals surface area contributed by atoms with Gasteiger partial charge in [-0.1, -0.05) is 53.8 Å². The molecule has 4 heterocycles. The summed E-state index contributed by atoms with van der Waals surface area (Å²) in [7, 11) is 1.75. The van der Waals surface area contributed by atoms with Crippen LogP contribution in [-0.4, -0.2) is 82.3 Å². The molecule has 6 rings (SSSR count). The number of piperazine rings is 1. The lowest BCUT2D eigenvalue weighted by molar-refractivity contribution is 0.0938. The van der Waals surface area contributed by atoms with Crippen molar-refractivity contribution in [3.8, 4) is 21.8 Å². The van der Waals surface area contributed by atoms with Crippen molar-refractivity contribution in [2.24, 2.45) is 0 Å². The number of nitrogens with one attached hydrogen (secondary N) is 2. The van der Waals surface area contributed by atoms with E-state index in [4.69, 9.17) is 14.7 Å². The lowest BCUT2D eigenvalue weighted by Crippen LogP contribution is -2.46. The zero-order valence-electron chi connectivity index (χ0n) is 22.3. The Bertz CT molecular complexity index is 1590. The molecule has 0 spiro atoms. The lowest BCUT2D eigenvalue weighted by Gasteiger charge is -2.34. The summed E-state index contributed by atoms with van der Waals surface area (Å²) in [5.74, 6) is -0.258. The summed E-state index contributed by atoms with van der Waals surface area (Å²) < 4.78 is 5.21. The van der Waals surface area contributed by atoms with Crippen LogP contribution >= 0.6 is 11.3 Å². The van der Waals surface area contributed by atoms with Crippen LogP contribution in [0.2, 0.25) is 0 Å². The van der Waals surface area contributed by atoms with Crippen LogP contribution in [0.4, 0.5) is 5.69 Å². The van der Waals surface area contributed by atoms with Gasteiger partial charge in [0.1, 0.15) is 21.0 Å². The number of rotatable bonds is 9. The van der Waals surface area contributed by atoms with Crippen LogP contribution in [-0.2, 0) is 11.3 Å². The number of hydrogen-bond acceptors (Lipinski definition) is 8. The Balaban J connectivity index is 1.15. The van der Waals surface area contributed by atoms with Gasteiger partial charge in [0.05, 0.1) is 18.0 Å². The second-order valence-corrected chi connectivity index (χ2v) is 10.8. The number of pyridine rings is 1. The summed E-state index contributed by atoms with van der Waals surface area (Å²) >= 11 is 1.53. The third-order valence-corrected chi connectivity index (χ3v) is 8.10. The standard InChI is InChI=1S/C30H31N7O2S/c1-39-16-15-36-11-13-37(14-12-36)20-21-17-27-30(31-19-21)40-29(33-27)23-9-5-6-10-24(23)32-28(38)26-18-25(34-35-26)22-7-3-2-4-8-22/h2-10,17-19H,11-16,20H2,1H3,(H,32,38)(H,34,35). The Morgan fingerprint density at radius 2 is 1.80 bits per heavy atom. The minimum Gasteiger partial charge on any atom is -0.383 e. The van der Waals surface area contributed by atoms with Gasteiger partial charge in [0.15, 0.2) is 0 Å². The predicted molar refractivity (Wildman–Crippen MR) is 158 cm³/mol. The molecule has 0 atom stereocenters. The second kappa shape index (κ2) is 12.1. The fourth-order valence-corrected chi connectivity index (χ4v) is 5.81. The molecule has 5 aromatic rings. The number of H-pyrrole nitrogens is 1. The summed E-state index contributed by atoms with van der Waals surface area (Å²) in [5, 5.41) is 11.0. The number of thiazole rings is 1. The number of anilines is 1. The maximum Gasteiger partial charge on any atom is 0.273 e. The Kier molecular flexibility index (Phi) is 7.92. The highest BCUT2D eigenvalue weighted by atomic mass is 32.1. The number of ether oxygens (including phenoxy) is 1. The molecule has 1 fully saturated rings. The Hall–Kier alpha value is -3.96. The molecule has 2 aromatic carbocycles. The number of nitrogens with zero attached hydrogens (tertiary/aromatic N) is 5. The molecule has 10 heteroatoms. The molecule has 40 heavy (non-hydrogen) atoms. The minimum atomic E-state index is -0.258. The van der Waals surface area contributed by atoms with E-state index >= 15 is 0 Å². The van der Waals surface area contributed by atoms with E-state index in [0.29, 0.717) is 11.4 Å². The van der Waals surface area contributed by atoms with Crippen molar-refractivity contribution in [1.29, 1.82) is 0 Å². The van der Waals surface area contributed by atoms with Crippen molar-refractivity contribution in [2.45, 2.75) is 6.54 Å². The highest BCUT2D eigenvalue weighted by Crippen LogP contribution is 2.34. The largest absolute Gasteiger partial charge is 0.383 e. The van der Waals surface area contributed by atoms with Gasteiger partial charge in [-0.3, -0.25) is 19.7 Å². The maximum atomic E-state index is 13.1. The highest BCUT2D eigenvalue weighted by molar-refractivity contribution is 7.21. The molecule has 0 radical (unpaired) electrons. The molecule has 3 aromatic heterocycles. The third kappa shape index (κ3) is 5.95. The van der Waals surface area contributed by atoms with Crippen molar-refractivity contribution in [1.82, 2.24) is 30.0 Å². The summed E-state index contributed by atoms with van der Waals surface area (Å²) in [4.78, 5) is 28.5. The van der Waals surface area contributed by atoms with E-state index in [-0.39, 0.29) is 5.91 Å². The van der Waals surface area contributed by atoms with Crippen LogP contribution in [0.3, 0.4) is 0 Å². The Morgan fingerprint density at radius 3 is 2.62 bits per heavy atom. The first-order valence-electron chi connectivity index (χ1n) is 13.4. The minimum absolute atomic E-state index is 0.258. The number of amides is 1. The number of methoxy groups -OCH3 is 1. The highest BCUT2D eigenvalue weighted by Gasteiger charge is 2.19. The topological polar surface area (TPSA) is 99.3 Å². The number of para-hydroxylation sites is 1. The molecule has 2 N–H and O–H groups in total. The van der Waals surface area contributed by atoms with Crippen LogP contribution in [0.1, 0.15) is 16.1 Å². The smallest absolute Gasteiger partial charge is 0.273 e. The zero-order chi connectivity index (χ0) is 27.3. The van der Waals surface area contributed by atoms with Gasteiger partial charge in [-0.05, 0) is 29.8 Å². The number of benzene rings is 2. The van der Waals surface area contributed by atoms with Crippen LogP contribution in [0.5, 0.6) is 0 Å². The summed E-state index contributed by atoms with van der Waals surface area (Å²) in [6, 6.07) is 21.4. The number of carbonyl (C=O) groups is 1. The quantitative estimate of drug-likeness (QED) is 0.271. The van der Waals surface area contributed by atoms with Crippen molar-refractivity contribution in [2.75, 3.05) is 51.8 Å². The first-order chi connectivity index (χ1) is 19.7. The Labute approximate surface area is 236 Å². The van der Waals surface area contributed by atoms with Gasteiger partial charge in [0, 0.05) is 63.7 Å². The van der Waals surface area contributed by atoms with Crippen LogP contribution in [0, 0.1) is 0 Å². The first-order valence-corrected chi connectivity index (χ1v) is 14.2. The molecule has 0 bridgehead atoms. The van der Waals surface area contributed by atoms with E-state index in [1.165, 1.54) is 11.3 Å². The van der Waals surface area contributed by atoms with E-state index in [0.717, 1.165) is 83.6 Å². The van der Waals surface area contributed by atoms with Gasteiger partial charge >= 0.3 is 0 Å². The average molecular weight is 554 g/mol. The van der Waals surface area contributed by atoms with Crippen LogP contribution in [0.15, 0.2) is 72.9 Å². The van der Waals surface area contributed by atoms with E-state index in [2.05, 4.69) is 31.4 Å². The van der Waals surface area contributed by atoms with Crippen LogP contribution < -0.4 is 5.32 Å². The monoisotopic (exact) mass is 553 g/mol. The van der Waals surface area contributed by atoms with E-state index in [1.807, 2.05) is 60.8 Å². The van der Waals surface area contributed by atoms with E-state index in [1.54, 1.807) is 13.2 Å². The molecule has 9 nitrogen and oxygen atoms in total. The van der Waals surface area contributed by atoms with Gasteiger partial charge in [0.2, 0.25) is 0 Å². The SMILES string of the molecule is COCCN1CCN(Cc2cnc3sc(-c4ccccc4NC(=O)c4cc(-c5ccccc5)n[nH]4)nc3c2)CC1. The maximum absolute atomic E-state index is 13.1. The van der Waals surface area contributed by atoms with Gasteiger partial charge in [-0.2, -0.15) is 5.10 Å². The fourth-order valence-electron chi connectivity index (χ4n) is 4.88. The van der Waals surface area contributed by atoms with Crippen LogP contribution in [0.25, 0.3) is 32.2 Å². The molecule has 1 aliphatic heterocycles. The molecule has 1 aliphatic rings. The molecular weight excluding hydrogens is 522 g/mol. The van der Waals surface area contributed by atoms with Crippen molar-refractivity contribution in [3.63, 3.8) is 0 Å². The number of aromatic amines is 1. The summed E-state index contributed by atoms with van der Waals surface area (Å²) in [6.45, 7) is 6.77. The summed E-state index contributed by atoms with van der Waals surface area (Å²) in [6.07, 6.45) is 1.96. The first kappa shape index (κ1) is 26.3. The van der Waals surface area contributed by atoms with Gasteiger partial charge in [0.25, 0.3) is 5.91 Å². The predicted octanol–water partition coefficient (Wildman–Crippen LogP) is 4.76. The average Bonchev–Trinajstić information content (AvgIpc) is 3.65. The molecule has 0 saturated carbocycles. The molecule has 1 amide bonds. The van der Waals surface area contributed by atoms with Crippen molar-refractivity contribution >= 4 is 33.3 Å². The molecular formula is C30H31N7O2S. The summed E-state index contributed by atoms with van der Waals surface area (Å²) in [5.41, 5.74) is 5.64. The normalized spacial score (nSPS) is 14.5. The lowest BCUT2D eigenvalue weighted by atomic mass is 10.1. The molecule has 1 saturated heterocycles. The van der Waals surface area contributed by atoms with E-state index < -0.39 is 0 Å². The number of hydrogen-bond donors (Lipinski definition) is 2. The van der Waals surface area contributed by atoms with E-state index in [9.17, 15) is 4.79 Å². The zero-order valence-corrected chi connectivity index (χ0v) is 23.2. The number of carbonyl (C=O) groups excluding carboxylic acids is 1. The fraction of sp³-hybridized carbons (Fsp3) is 0.267. The molecule has 0 unspecified atom stereocenters. The van der Waals surface area contributed by atoms with Crippen molar-refractivity contribution < 1.29 is 9.53 Å². The second-order valence-electron chi connectivity index (χ2n) is 9.83. The number of aromatic nitrogens is 4. The number of fused-ring (bicyclic) bond motifs is 1. The molecule has 0 aliphatic carbocycles.